The second kappa shape index (κ2) is 4.93. The third kappa shape index (κ3) is 1.83. The maximum atomic E-state index is 11.9. The van der Waals surface area contributed by atoms with Crippen LogP contribution < -0.4 is 0 Å². The van der Waals surface area contributed by atoms with Gasteiger partial charge in [-0.25, -0.2) is 0 Å². The SMILES string of the molecule is C[C@]12CCC(=O)C=C1CC[C@H]1[C@@H]2[C@H](O)C[C@@]2(C)[C@@H]1CC[C@]2(O)C#N. The van der Waals surface area contributed by atoms with Gasteiger partial charge in [-0.1, -0.05) is 19.4 Å². The minimum Gasteiger partial charge on any atom is -0.393 e. The van der Waals surface area contributed by atoms with Crippen LogP contribution in [0.3, 0.4) is 0 Å². The summed E-state index contributed by atoms with van der Waals surface area (Å²) in [6.45, 7) is 4.23. The van der Waals surface area contributed by atoms with Crippen molar-refractivity contribution in [3.8, 4) is 6.07 Å². The molecule has 0 unspecified atom stereocenters. The molecule has 4 aliphatic carbocycles. The van der Waals surface area contributed by atoms with Gasteiger partial charge in [0.1, 0.15) is 0 Å². The van der Waals surface area contributed by atoms with Gasteiger partial charge < -0.3 is 10.2 Å². The molecule has 0 aromatic heterocycles. The Balaban J connectivity index is 1.76. The van der Waals surface area contributed by atoms with Crippen molar-refractivity contribution in [2.75, 3.05) is 0 Å². The number of carbonyl (C=O) groups excluding carboxylic acids is 1. The van der Waals surface area contributed by atoms with E-state index >= 15 is 0 Å². The largest absolute Gasteiger partial charge is 0.393 e. The maximum absolute atomic E-state index is 11.9. The van der Waals surface area contributed by atoms with Crippen molar-refractivity contribution in [2.24, 2.45) is 28.6 Å². The molecule has 4 aliphatic rings. The van der Waals surface area contributed by atoms with Crippen LogP contribution in [-0.2, 0) is 4.79 Å². The lowest BCUT2D eigenvalue weighted by Crippen LogP contribution is -2.59. The number of nitriles is 1. The zero-order valence-corrected chi connectivity index (χ0v) is 14.6. The monoisotopic (exact) mass is 329 g/mol. The van der Waals surface area contributed by atoms with Crippen LogP contribution >= 0.6 is 0 Å². The van der Waals surface area contributed by atoms with Crippen molar-refractivity contribution in [2.45, 2.75) is 70.5 Å². The van der Waals surface area contributed by atoms with E-state index in [1.54, 1.807) is 0 Å². The number of nitrogens with zero attached hydrogens (tertiary/aromatic N) is 1. The Bertz CT molecular complexity index is 664. The number of aliphatic hydroxyl groups is 2. The Kier molecular flexibility index (Phi) is 3.34. The first-order valence-corrected chi connectivity index (χ1v) is 9.31. The van der Waals surface area contributed by atoms with E-state index in [1.165, 1.54) is 5.57 Å². The second-order valence-corrected chi connectivity index (χ2v) is 9.09. The van der Waals surface area contributed by atoms with Crippen molar-refractivity contribution in [1.82, 2.24) is 0 Å². The molecular formula is C20H27NO3. The number of ketones is 1. The molecule has 0 spiro atoms. The topological polar surface area (TPSA) is 81.3 Å². The first-order chi connectivity index (χ1) is 11.2. The van der Waals surface area contributed by atoms with Crippen LogP contribution in [0.25, 0.3) is 0 Å². The molecule has 0 bridgehead atoms. The van der Waals surface area contributed by atoms with Crippen molar-refractivity contribution in [1.29, 1.82) is 5.26 Å². The number of rotatable bonds is 0. The molecule has 24 heavy (non-hydrogen) atoms. The molecule has 0 aromatic rings. The lowest BCUT2D eigenvalue weighted by molar-refractivity contribution is -0.156. The van der Waals surface area contributed by atoms with Gasteiger partial charge in [0.2, 0.25) is 0 Å². The summed E-state index contributed by atoms with van der Waals surface area (Å²) in [6.07, 6.45) is 6.44. The van der Waals surface area contributed by atoms with Gasteiger partial charge in [-0.3, -0.25) is 4.79 Å². The molecule has 0 amide bonds. The number of carbonyl (C=O) groups is 1. The number of hydrogen-bond donors (Lipinski definition) is 2. The molecule has 0 radical (unpaired) electrons. The summed E-state index contributed by atoms with van der Waals surface area (Å²) in [7, 11) is 0. The van der Waals surface area contributed by atoms with E-state index in [1.807, 2.05) is 13.0 Å². The second-order valence-electron chi connectivity index (χ2n) is 9.09. The Hall–Kier alpha value is -1.18. The van der Waals surface area contributed by atoms with Crippen LogP contribution in [0, 0.1) is 39.9 Å². The molecule has 3 saturated carbocycles. The van der Waals surface area contributed by atoms with Crippen LogP contribution in [-0.4, -0.2) is 27.7 Å². The van der Waals surface area contributed by atoms with Gasteiger partial charge in [-0.15, -0.1) is 0 Å². The average molecular weight is 329 g/mol. The van der Waals surface area contributed by atoms with Gasteiger partial charge in [0.05, 0.1) is 12.2 Å². The Labute approximate surface area is 143 Å². The lowest BCUT2D eigenvalue weighted by atomic mass is 9.45. The first-order valence-electron chi connectivity index (χ1n) is 9.31. The standard InChI is InChI=1S/C20H27NO3/c1-18-7-5-13(22)9-12(18)3-4-14-15-6-8-20(24,11-21)19(15,2)10-16(23)17(14)18/h9,14-17,23-24H,3-8,10H2,1-2H3/t14-,15-,16-,17-,18+,19+,20+/m1/s1. The molecule has 130 valence electrons. The minimum absolute atomic E-state index is 0.106. The fraction of sp³-hybridized carbons (Fsp3) is 0.800. The summed E-state index contributed by atoms with van der Waals surface area (Å²) >= 11 is 0. The molecule has 7 atom stereocenters. The van der Waals surface area contributed by atoms with Crippen molar-refractivity contribution in [3.05, 3.63) is 11.6 Å². The Morgan fingerprint density at radius 2 is 2.00 bits per heavy atom. The Morgan fingerprint density at radius 3 is 2.71 bits per heavy atom. The molecule has 0 aromatic carbocycles. The number of allylic oxidation sites excluding steroid dienone is 1. The lowest BCUT2D eigenvalue weighted by Gasteiger charge is -2.60. The van der Waals surface area contributed by atoms with E-state index in [0.717, 1.165) is 25.7 Å². The number of hydrogen-bond acceptors (Lipinski definition) is 4. The predicted molar refractivity (Wildman–Crippen MR) is 88.7 cm³/mol. The van der Waals surface area contributed by atoms with E-state index < -0.39 is 17.1 Å². The van der Waals surface area contributed by atoms with Crippen molar-refractivity contribution in [3.63, 3.8) is 0 Å². The summed E-state index contributed by atoms with van der Waals surface area (Å²) in [5.41, 5.74) is -0.727. The van der Waals surface area contributed by atoms with Crippen LogP contribution in [0.1, 0.15) is 58.8 Å². The van der Waals surface area contributed by atoms with E-state index in [4.69, 9.17) is 0 Å². The van der Waals surface area contributed by atoms with E-state index in [-0.39, 0.29) is 23.0 Å². The zero-order chi connectivity index (χ0) is 17.3. The number of fused-ring (bicyclic) bond motifs is 5. The third-order valence-corrected chi connectivity index (χ3v) is 8.23. The van der Waals surface area contributed by atoms with Crippen LogP contribution in [0.15, 0.2) is 11.6 Å². The van der Waals surface area contributed by atoms with Crippen LogP contribution in [0.5, 0.6) is 0 Å². The highest BCUT2D eigenvalue weighted by atomic mass is 16.3. The summed E-state index contributed by atoms with van der Waals surface area (Å²) < 4.78 is 0. The maximum Gasteiger partial charge on any atom is 0.156 e. The molecule has 2 N–H and O–H groups in total. The molecule has 0 aliphatic heterocycles. The predicted octanol–water partition coefficient (Wildman–Crippen LogP) is 2.74. The normalized spacial score (nSPS) is 53.5. The van der Waals surface area contributed by atoms with Crippen molar-refractivity contribution < 1.29 is 15.0 Å². The summed E-state index contributed by atoms with van der Waals surface area (Å²) in [5, 5.41) is 31.5. The highest BCUT2D eigenvalue weighted by Gasteiger charge is 2.66. The highest BCUT2D eigenvalue weighted by molar-refractivity contribution is 5.91. The van der Waals surface area contributed by atoms with Crippen LogP contribution in [0.2, 0.25) is 0 Å². The summed E-state index contributed by atoms with van der Waals surface area (Å²) in [4.78, 5) is 11.9. The van der Waals surface area contributed by atoms with Gasteiger partial charge in [-0.2, -0.15) is 5.26 Å². The Morgan fingerprint density at radius 1 is 1.25 bits per heavy atom. The first kappa shape index (κ1) is 16.3. The van der Waals surface area contributed by atoms with Gasteiger partial charge >= 0.3 is 0 Å². The third-order valence-electron chi connectivity index (χ3n) is 8.23. The quantitative estimate of drug-likeness (QED) is 0.670. The summed E-state index contributed by atoms with van der Waals surface area (Å²) in [6, 6.07) is 2.16. The van der Waals surface area contributed by atoms with E-state index in [9.17, 15) is 20.3 Å². The van der Waals surface area contributed by atoms with E-state index in [0.29, 0.717) is 25.2 Å². The average Bonchev–Trinajstić information content (AvgIpc) is 2.79. The van der Waals surface area contributed by atoms with E-state index in [2.05, 4.69) is 13.0 Å². The van der Waals surface area contributed by atoms with Crippen LogP contribution in [0.4, 0.5) is 0 Å². The number of aliphatic hydroxyl groups excluding tert-OH is 1. The fourth-order valence-electron chi connectivity index (χ4n) is 6.88. The molecule has 4 nitrogen and oxygen atoms in total. The van der Waals surface area contributed by atoms with Crippen molar-refractivity contribution >= 4 is 5.78 Å². The van der Waals surface area contributed by atoms with Gasteiger partial charge in [-0.05, 0) is 67.8 Å². The van der Waals surface area contributed by atoms with Gasteiger partial charge in [0.25, 0.3) is 0 Å². The summed E-state index contributed by atoms with van der Waals surface area (Å²) in [5.74, 6) is 0.975. The molecule has 3 fully saturated rings. The molecule has 0 heterocycles. The van der Waals surface area contributed by atoms with Gasteiger partial charge in [0, 0.05) is 11.8 Å². The smallest absolute Gasteiger partial charge is 0.156 e. The molecule has 4 heteroatoms. The zero-order valence-electron chi connectivity index (χ0n) is 14.6. The fourth-order valence-corrected chi connectivity index (χ4v) is 6.88. The minimum atomic E-state index is -1.32. The highest BCUT2D eigenvalue weighted by Crippen LogP contribution is 2.67. The molecular weight excluding hydrogens is 302 g/mol. The molecule has 4 rings (SSSR count). The van der Waals surface area contributed by atoms with Gasteiger partial charge in [0.15, 0.2) is 11.4 Å². The molecule has 0 saturated heterocycles.